The van der Waals surface area contributed by atoms with Gasteiger partial charge in [-0.25, -0.2) is 13.6 Å². The van der Waals surface area contributed by atoms with Crippen LogP contribution in [0.15, 0.2) is 18.3 Å². The zero-order valence-electron chi connectivity index (χ0n) is 6.67. The number of sulfonamides is 1. The molecule has 0 saturated heterocycles. The summed E-state index contributed by atoms with van der Waals surface area (Å²) in [6.07, 6.45) is 1.91. The molecular formula is C7H8N2O3S. The number of aromatic nitrogens is 1. The van der Waals surface area contributed by atoms with Gasteiger partial charge in [0.1, 0.15) is 5.69 Å². The van der Waals surface area contributed by atoms with Gasteiger partial charge in [0.15, 0.2) is 6.29 Å². The molecule has 5 nitrogen and oxygen atoms in total. The molecule has 2 N–H and O–H groups in total. The summed E-state index contributed by atoms with van der Waals surface area (Å²) in [6.45, 7) is 0. The summed E-state index contributed by atoms with van der Waals surface area (Å²) in [6, 6.07) is 3.05. The van der Waals surface area contributed by atoms with E-state index in [1.807, 2.05) is 0 Å². The van der Waals surface area contributed by atoms with Crippen LogP contribution in [0, 0.1) is 0 Å². The van der Waals surface area contributed by atoms with Crippen LogP contribution in [0.2, 0.25) is 0 Å². The predicted octanol–water partition coefficient (Wildman–Crippen LogP) is -0.317. The normalized spacial score (nSPS) is 11.2. The van der Waals surface area contributed by atoms with Crippen LogP contribution in [0.5, 0.6) is 0 Å². The Balaban J connectivity index is 3.08. The van der Waals surface area contributed by atoms with Crippen molar-refractivity contribution < 1.29 is 13.2 Å². The number of hydrogen-bond donors (Lipinski definition) is 1. The zero-order valence-corrected chi connectivity index (χ0v) is 7.49. The second kappa shape index (κ2) is 3.63. The van der Waals surface area contributed by atoms with Gasteiger partial charge in [0.2, 0.25) is 10.0 Å². The molecule has 0 aliphatic carbocycles. The Morgan fingerprint density at radius 2 is 2.23 bits per heavy atom. The highest BCUT2D eigenvalue weighted by atomic mass is 32.2. The van der Waals surface area contributed by atoms with Crippen molar-refractivity contribution in [1.29, 1.82) is 0 Å². The van der Waals surface area contributed by atoms with Crippen molar-refractivity contribution in [3.8, 4) is 0 Å². The predicted molar refractivity (Wildman–Crippen MR) is 46.4 cm³/mol. The minimum atomic E-state index is -3.61. The Morgan fingerprint density at radius 1 is 1.54 bits per heavy atom. The molecule has 0 bridgehead atoms. The van der Waals surface area contributed by atoms with Gasteiger partial charge >= 0.3 is 0 Å². The molecule has 0 saturated carbocycles. The molecule has 0 unspecified atom stereocenters. The van der Waals surface area contributed by atoms with Gasteiger partial charge in [-0.15, -0.1) is 0 Å². The number of carbonyl (C=O) groups is 1. The first-order chi connectivity index (χ1) is 6.03. The van der Waals surface area contributed by atoms with E-state index >= 15 is 0 Å². The van der Waals surface area contributed by atoms with Crippen molar-refractivity contribution >= 4 is 16.3 Å². The number of hydrogen-bond acceptors (Lipinski definition) is 4. The summed E-state index contributed by atoms with van der Waals surface area (Å²) in [7, 11) is -3.61. The highest BCUT2D eigenvalue weighted by molar-refractivity contribution is 7.88. The smallest absolute Gasteiger partial charge is 0.213 e. The third-order valence-electron chi connectivity index (χ3n) is 1.39. The first-order valence-electron chi connectivity index (χ1n) is 3.42. The zero-order chi connectivity index (χ0) is 9.90. The molecule has 0 radical (unpaired) electrons. The fourth-order valence-electron chi connectivity index (χ4n) is 0.896. The molecule has 13 heavy (non-hydrogen) atoms. The second-order valence-electron chi connectivity index (χ2n) is 2.47. The van der Waals surface area contributed by atoms with Crippen LogP contribution >= 0.6 is 0 Å². The first-order valence-corrected chi connectivity index (χ1v) is 5.14. The molecule has 0 aromatic carbocycles. The third-order valence-corrected chi connectivity index (χ3v) is 2.11. The third kappa shape index (κ3) is 2.92. The van der Waals surface area contributed by atoms with Crippen molar-refractivity contribution in [2.45, 2.75) is 5.75 Å². The van der Waals surface area contributed by atoms with E-state index in [0.717, 1.165) is 0 Å². The van der Waals surface area contributed by atoms with Gasteiger partial charge in [-0.1, -0.05) is 6.07 Å². The quantitative estimate of drug-likeness (QED) is 0.677. The number of aldehydes is 1. The Hall–Kier alpha value is -1.27. The van der Waals surface area contributed by atoms with Crippen molar-refractivity contribution in [1.82, 2.24) is 4.98 Å². The first kappa shape index (κ1) is 9.82. The Kier molecular flexibility index (Phi) is 2.74. The van der Waals surface area contributed by atoms with Gasteiger partial charge in [-0.05, 0) is 11.6 Å². The lowest BCUT2D eigenvalue weighted by atomic mass is 10.2. The highest BCUT2D eigenvalue weighted by Crippen LogP contribution is 2.05. The monoisotopic (exact) mass is 200 g/mol. The second-order valence-corrected chi connectivity index (χ2v) is 4.09. The highest BCUT2D eigenvalue weighted by Gasteiger charge is 2.09. The molecule has 1 aromatic heterocycles. The van der Waals surface area contributed by atoms with Gasteiger partial charge < -0.3 is 0 Å². The molecule has 0 fully saturated rings. The summed E-state index contributed by atoms with van der Waals surface area (Å²) in [5.74, 6) is -0.366. The van der Waals surface area contributed by atoms with Crippen molar-refractivity contribution in [2.24, 2.45) is 5.14 Å². The van der Waals surface area contributed by atoms with Gasteiger partial charge in [0.25, 0.3) is 0 Å². The molecule has 6 heteroatoms. The van der Waals surface area contributed by atoms with E-state index in [4.69, 9.17) is 5.14 Å². The Labute approximate surface area is 75.6 Å². The lowest BCUT2D eigenvalue weighted by Gasteiger charge is -2.00. The largest absolute Gasteiger partial charge is 0.296 e. The van der Waals surface area contributed by atoms with Crippen LogP contribution < -0.4 is 5.14 Å². The van der Waals surface area contributed by atoms with E-state index in [2.05, 4.69) is 4.98 Å². The van der Waals surface area contributed by atoms with Gasteiger partial charge in [-0.2, -0.15) is 0 Å². The maximum absolute atomic E-state index is 10.7. The van der Waals surface area contributed by atoms with Crippen LogP contribution in [0.1, 0.15) is 16.1 Å². The number of primary sulfonamides is 1. The molecule has 0 amide bonds. The van der Waals surface area contributed by atoms with E-state index in [0.29, 0.717) is 11.8 Å². The topological polar surface area (TPSA) is 90.1 Å². The minimum absolute atomic E-state index is 0.108. The number of rotatable bonds is 3. The molecule has 0 atom stereocenters. The molecule has 1 aromatic rings. The fraction of sp³-hybridized carbons (Fsp3) is 0.143. The lowest BCUT2D eigenvalue weighted by molar-refractivity contribution is 0.111. The standard InChI is InChI=1S/C7H8N2O3S/c8-13(11,12)5-6-2-1-3-9-7(6)4-10/h1-4H,5H2,(H2,8,11,12). The van der Waals surface area contributed by atoms with Crippen LogP contribution in [0.4, 0.5) is 0 Å². The fourth-order valence-corrected chi connectivity index (χ4v) is 1.57. The van der Waals surface area contributed by atoms with E-state index in [1.54, 1.807) is 6.07 Å². The van der Waals surface area contributed by atoms with Crippen LogP contribution in [-0.4, -0.2) is 19.7 Å². The van der Waals surface area contributed by atoms with Crippen molar-refractivity contribution in [3.63, 3.8) is 0 Å². The number of carbonyl (C=O) groups excluding carboxylic acids is 1. The average molecular weight is 200 g/mol. The maximum atomic E-state index is 10.7. The van der Waals surface area contributed by atoms with Crippen LogP contribution in [-0.2, 0) is 15.8 Å². The number of nitrogens with two attached hydrogens (primary N) is 1. The number of nitrogens with zero attached hydrogens (tertiary/aromatic N) is 1. The summed E-state index contributed by atoms with van der Waals surface area (Å²) in [4.78, 5) is 14.1. The van der Waals surface area contributed by atoms with E-state index < -0.39 is 10.0 Å². The minimum Gasteiger partial charge on any atom is -0.296 e. The summed E-state index contributed by atoms with van der Waals surface area (Å²) in [5, 5.41) is 4.82. The molecule has 1 rings (SSSR count). The summed E-state index contributed by atoms with van der Waals surface area (Å²) < 4.78 is 21.4. The van der Waals surface area contributed by atoms with Crippen LogP contribution in [0.25, 0.3) is 0 Å². The molecule has 0 aliphatic heterocycles. The van der Waals surface area contributed by atoms with Gasteiger partial charge in [-0.3, -0.25) is 9.78 Å². The molecular weight excluding hydrogens is 192 g/mol. The number of pyridine rings is 1. The molecule has 70 valence electrons. The van der Waals surface area contributed by atoms with Gasteiger partial charge in [0, 0.05) is 6.20 Å². The average Bonchev–Trinajstić information content (AvgIpc) is 2.02. The van der Waals surface area contributed by atoms with Gasteiger partial charge in [0.05, 0.1) is 5.75 Å². The SMILES string of the molecule is NS(=O)(=O)Cc1cccnc1C=O. The van der Waals surface area contributed by atoms with E-state index in [9.17, 15) is 13.2 Å². The lowest BCUT2D eigenvalue weighted by Crippen LogP contribution is -2.15. The summed E-state index contributed by atoms with van der Waals surface area (Å²) in [5.41, 5.74) is 0.427. The Morgan fingerprint density at radius 3 is 2.77 bits per heavy atom. The van der Waals surface area contributed by atoms with Crippen molar-refractivity contribution in [3.05, 3.63) is 29.6 Å². The maximum Gasteiger partial charge on any atom is 0.213 e. The van der Waals surface area contributed by atoms with E-state index in [-0.39, 0.29) is 11.4 Å². The van der Waals surface area contributed by atoms with Crippen molar-refractivity contribution in [2.75, 3.05) is 0 Å². The molecule has 0 spiro atoms. The summed E-state index contributed by atoms with van der Waals surface area (Å²) >= 11 is 0. The van der Waals surface area contributed by atoms with E-state index in [1.165, 1.54) is 12.3 Å². The molecule has 0 aliphatic rings. The molecule has 1 heterocycles. The van der Waals surface area contributed by atoms with Crippen LogP contribution in [0.3, 0.4) is 0 Å². The Bertz CT molecular complexity index is 414.